The minimum atomic E-state index is 0.500. The molecule has 13 rings (SSSR count). The van der Waals surface area contributed by atoms with E-state index in [0.29, 0.717) is 16.8 Å². The van der Waals surface area contributed by atoms with E-state index in [0.717, 1.165) is 115 Å². The first-order valence-electron chi connectivity index (χ1n) is 20.8. The van der Waals surface area contributed by atoms with Crippen LogP contribution in [0.3, 0.4) is 0 Å². The highest BCUT2D eigenvalue weighted by Gasteiger charge is 2.23. The minimum Gasteiger partial charge on any atom is -0.319 e. The lowest BCUT2D eigenvalue weighted by Crippen LogP contribution is -2.01. The third kappa shape index (κ3) is 4.68. The van der Waals surface area contributed by atoms with Gasteiger partial charge in [-0.3, -0.25) is 0 Å². The van der Waals surface area contributed by atoms with Gasteiger partial charge in [0.2, 0.25) is 5.69 Å². The number of fused-ring (bicyclic) bond motifs is 15. The molecule has 6 nitrogen and oxygen atoms in total. The number of nitriles is 2. The monoisotopic (exact) mass is 798 g/mol. The first-order valence-corrected chi connectivity index (χ1v) is 20.8. The maximum atomic E-state index is 11.1. The van der Waals surface area contributed by atoms with Crippen LogP contribution in [0.2, 0.25) is 0 Å². The lowest BCUT2D eigenvalue weighted by atomic mass is 9.90. The molecule has 0 N–H and O–H groups in total. The highest BCUT2D eigenvalue weighted by Crippen LogP contribution is 2.46. The first kappa shape index (κ1) is 34.7. The number of aromatic nitrogens is 3. The zero-order valence-electron chi connectivity index (χ0n) is 33.5. The lowest BCUT2D eigenvalue weighted by Gasteiger charge is -2.19. The minimum absolute atomic E-state index is 0.500. The molecule has 3 aromatic heterocycles. The van der Waals surface area contributed by atoms with E-state index in [9.17, 15) is 10.5 Å². The Labute approximate surface area is 359 Å². The molecule has 0 amide bonds. The van der Waals surface area contributed by atoms with Crippen LogP contribution in [0.5, 0.6) is 0 Å². The molecule has 0 radical (unpaired) electrons. The molecule has 0 unspecified atom stereocenters. The SMILES string of the molecule is [C-]#[N+]c1cc2c3cc(-n4c5ccccc5c5ccccc54)c(C#N)cc3c3cc(-n4c5ccccc5c5ccccc54)c(C#N)cc3c2cc1-n1c2ccccc2c2ccccc21. The molecule has 0 atom stereocenters. The van der Waals surface area contributed by atoms with Crippen LogP contribution >= 0.6 is 0 Å². The predicted molar refractivity (Wildman–Crippen MR) is 258 cm³/mol. The summed E-state index contributed by atoms with van der Waals surface area (Å²) in [6.07, 6.45) is 0. The van der Waals surface area contributed by atoms with Crippen molar-refractivity contribution >= 4 is 103 Å². The summed E-state index contributed by atoms with van der Waals surface area (Å²) < 4.78 is 6.60. The molecular weight excluding hydrogens is 769 g/mol. The van der Waals surface area contributed by atoms with Gasteiger partial charge >= 0.3 is 0 Å². The molecule has 0 bridgehead atoms. The van der Waals surface area contributed by atoms with Crippen LogP contribution in [0.4, 0.5) is 5.69 Å². The van der Waals surface area contributed by atoms with Crippen molar-refractivity contribution in [1.29, 1.82) is 10.5 Å². The molecular formula is C57H30N6. The van der Waals surface area contributed by atoms with E-state index in [-0.39, 0.29) is 0 Å². The Hall–Kier alpha value is -9.15. The van der Waals surface area contributed by atoms with E-state index in [4.69, 9.17) is 6.57 Å². The average molecular weight is 799 g/mol. The Kier molecular flexibility index (Phi) is 7.12. The standard InChI is InChI=1S/C57H30N6/c1-60-48-28-44-46-30-56(62-51-22-10-4-16-38(51)39-17-5-11-23-52(39)62)34(32-58)26-42(46)45-29-55(61-49-20-8-2-14-36(49)37-15-3-9-21-50(37)61)35(33-59)27-43(45)47(44)31-57(48)63-53-24-12-6-18-40(53)41-19-7-13-25-54(41)63/h2-31H. The van der Waals surface area contributed by atoms with E-state index >= 15 is 0 Å². The maximum Gasteiger partial charge on any atom is 0.211 e. The van der Waals surface area contributed by atoms with E-state index in [1.54, 1.807) is 0 Å². The Balaban J connectivity index is 1.22. The summed E-state index contributed by atoms with van der Waals surface area (Å²) >= 11 is 0. The zero-order chi connectivity index (χ0) is 41.9. The number of rotatable bonds is 3. The number of benzene rings is 10. The van der Waals surface area contributed by atoms with Gasteiger partial charge in [0.15, 0.2) is 0 Å². The second-order valence-corrected chi connectivity index (χ2v) is 16.2. The van der Waals surface area contributed by atoms with Crippen molar-refractivity contribution in [3.63, 3.8) is 0 Å². The van der Waals surface area contributed by atoms with Crippen LogP contribution in [0.1, 0.15) is 11.1 Å². The van der Waals surface area contributed by atoms with Crippen LogP contribution in [-0.2, 0) is 0 Å². The fraction of sp³-hybridized carbons (Fsp3) is 0. The highest BCUT2D eigenvalue weighted by molar-refractivity contribution is 6.28. The third-order valence-corrected chi connectivity index (χ3v) is 13.1. The van der Waals surface area contributed by atoms with E-state index < -0.39 is 0 Å². The summed E-state index contributed by atoms with van der Waals surface area (Å²) in [5.74, 6) is 0. The molecule has 0 saturated heterocycles. The largest absolute Gasteiger partial charge is 0.319 e. The van der Waals surface area contributed by atoms with Gasteiger partial charge in [0.1, 0.15) is 12.1 Å². The summed E-state index contributed by atoms with van der Waals surface area (Å²) in [6.45, 7) is 8.67. The van der Waals surface area contributed by atoms with Gasteiger partial charge in [0, 0.05) is 32.3 Å². The van der Waals surface area contributed by atoms with E-state index in [2.05, 4.69) is 158 Å². The molecule has 0 aliphatic carbocycles. The Morgan fingerprint density at radius 3 is 0.873 bits per heavy atom. The molecule has 3 heterocycles. The second-order valence-electron chi connectivity index (χ2n) is 16.2. The molecule has 6 heteroatoms. The van der Waals surface area contributed by atoms with Crippen LogP contribution in [-0.4, -0.2) is 13.7 Å². The quantitative estimate of drug-likeness (QED) is 0.132. The smallest absolute Gasteiger partial charge is 0.211 e. The van der Waals surface area contributed by atoms with Gasteiger partial charge in [-0.1, -0.05) is 109 Å². The molecule has 63 heavy (non-hydrogen) atoms. The highest BCUT2D eigenvalue weighted by atomic mass is 15.0. The maximum absolute atomic E-state index is 11.1. The number of hydrogen-bond acceptors (Lipinski definition) is 2. The molecule has 0 aliphatic rings. The average Bonchev–Trinajstić information content (AvgIpc) is 3.98. The summed E-state index contributed by atoms with van der Waals surface area (Å²) in [5.41, 5.74) is 9.83. The number of nitrogens with zero attached hydrogens (tertiary/aromatic N) is 6. The van der Waals surface area contributed by atoms with Gasteiger partial charge in [0.25, 0.3) is 0 Å². The molecule has 0 saturated carbocycles. The first-order chi connectivity index (χ1) is 31.1. The molecule has 0 aliphatic heterocycles. The van der Waals surface area contributed by atoms with Gasteiger partial charge in [-0.05, 0) is 105 Å². The van der Waals surface area contributed by atoms with Gasteiger partial charge in [-0.2, -0.15) is 10.5 Å². The fourth-order valence-corrected chi connectivity index (χ4v) is 10.5. The van der Waals surface area contributed by atoms with Crippen LogP contribution in [0, 0.1) is 29.2 Å². The molecule has 0 spiro atoms. The third-order valence-electron chi connectivity index (χ3n) is 13.1. The van der Waals surface area contributed by atoms with Crippen molar-refractivity contribution < 1.29 is 0 Å². The number of hydrogen-bond donors (Lipinski definition) is 0. The van der Waals surface area contributed by atoms with Crippen molar-refractivity contribution in [2.75, 3.05) is 0 Å². The van der Waals surface area contributed by atoms with Crippen LogP contribution in [0.15, 0.2) is 182 Å². The van der Waals surface area contributed by atoms with Gasteiger partial charge in [0.05, 0.1) is 67.9 Å². The second kappa shape index (κ2) is 12.9. The molecule has 0 fully saturated rings. The topological polar surface area (TPSA) is 66.7 Å². The van der Waals surface area contributed by atoms with Crippen molar-refractivity contribution in [2.24, 2.45) is 0 Å². The van der Waals surface area contributed by atoms with Crippen molar-refractivity contribution in [1.82, 2.24) is 13.7 Å². The molecule has 13 aromatic rings. The normalized spacial score (nSPS) is 11.8. The Morgan fingerprint density at radius 1 is 0.317 bits per heavy atom. The van der Waals surface area contributed by atoms with Crippen molar-refractivity contribution in [3.05, 3.63) is 205 Å². The van der Waals surface area contributed by atoms with Gasteiger partial charge in [-0.25, -0.2) is 4.85 Å². The zero-order valence-corrected chi connectivity index (χ0v) is 33.5. The summed E-state index contributed by atoms with van der Waals surface area (Å²) in [5, 5.41) is 34.1. The van der Waals surface area contributed by atoms with Gasteiger partial charge in [-0.15, -0.1) is 0 Å². The van der Waals surface area contributed by atoms with Crippen LogP contribution < -0.4 is 0 Å². The van der Waals surface area contributed by atoms with Crippen LogP contribution in [0.25, 0.3) is 120 Å². The van der Waals surface area contributed by atoms with E-state index in [1.807, 2.05) is 54.6 Å². The van der Waals surface area contributed by atoms with Crippen molar-refractivity contribution in [3.8, 4) is 29.2 Å². The fourth-order valence-electron chi connectivity index (χ4n) is 10.5. The molecule has 10 aromatic carbocycles. The summed E-state index contributed by atoms with van der Waals surface area (Å²) in [6, 6.07) is 67.6. The Morgan fingerprint density at radius 2 is 0.571 bits per heavy atom. The summed E-state index contributed by atoms with van der Waals surface area (Å²) in [7, 11) is 0. The van der Waals surface area contributed by atoms with Gasteiger partial charge < -0.3 is 13.7 Å². The Bertz CT molecular complexity index is 3680. The molecule has 288 valence electrons. The van der Waals surface area contributed by atoms with Crippen molar-refractivity contribution in [2.45, 2.75) is 0 Å². The summed E-state index contributed by atoms with van der Waals surface area (Å²) in [4.78, 5) is 4.22. The predicted octanol–water partition coefficient (Wildman–Crippen LogP) is 14.7. The number of para-hydroxylation sites is 6. The lowest BCUT2D eigenvalue weighted by molar-refractivity contribution is 1.17. The van der Waals surface area contributed by atoms with E-state index in [1.165, 1.54) is 0 Å².